The first-order chi connectivity index (χ1) is 12.0. The third-order valence-electron chi connectivity index (χ3n) is 4.33. The van der Waals surface area contributed by atoms with Gasteiger partial charge in [-0.1, -0.05) is 35.6 Å². The monoisotopic (exact) mass is 360 g/mol. The van der Waals surface area contributed by atoms with Gasteiger partial charge >= 0.3 is 10.8 Å². The zero-order valence-corrected chi connectivity index (χ0v) is 14.8. The molecule has 0 unspecified atom stereocenters. The maximum atomic E-state index is 12.1. The van der Waals surface area contributed by atoms with Crippen LogP contribution in [0.15, 0.2) is 34.4 Å². The summed E-state index contributed by atoms with van der Waals surface area (Å²) in [5, 5.41) is 4.61. The van der Waals surface area contributed by atoms with Gasteiger partial charge in [0.05, 0.1) is 6.04 Å². The van der Waals surface area contributed by atoms with Crippen molar-refractivity contribution in [3.63, 3.8) is 0 Å². The maximum Gasteiger partial charge on any atom is 0.326 e. The Morgan fingerprint density at radius 3 is 2.92 bits per heavy atom. The minimum absolute atomic E-state index is 0.0436. The summed E-state index contributed by atoms with van der Waals surface area (Å²) in [6.07, 6.45) is 2.91. The number of benzene rings is 1. The Morgan fingerprint density at radius 1 is 1.36 bits per heavy atom. The van der Waals surface area contributed by atoms with Gasteiger partial charge in [0.1, 0.15) is 6.54 Å². The van der Waals surface area contributed by atoms with Crippen LogP contribution < -0.4 is 10.2 Å². The van der Waals surface area contributed by atoms with E-state index < -0.39 is 5.97 Å². The van der Waals surface area contributed by atoms with Crippen LogP contribution >= 0.6 is 11.3 Å². The van der Waals surface area contributed by atoms with Gasteiger partial charge in [-0.05, 0) is 37.3 Å². The molecule has 132 valence electrons. The lowest BCUT2D eigenvalue weighted by molar-refractivity contribution is -0.149. The van der Waals surface area contributed by atoms with Crippen molar-refractivity contribution in [1.29, 1.82) is 0 Å². The first-order valence-electron chi connectivity index (χ1n) is 8.22. The third kappa shape index (κ3) is 4.17. The van der Waals surface area contributed by atoms with Crippen molar-refractivity contribution < 1.29 is 14.3 Å². The quantitative estimate of drug-likeness (QED) is 0.827. The fraction of sp³-hybridized carbons (Fsp3) is 0.389. The Labute approximate surface area is 149 Å². The first kappa shape index (κ1) is 17.4. The second kappa shape index (κ2) is 7.65. The Hall–Kier alpha value is -2.41. The van der Waals surface area contributed by atoms with Gasteiger partial charge in [-0.25, -0.2) is 0 Å². The molecule has 0 saturated heterocycles. The summed E-state index contributed by atoms with van der Waals surface area (Å²) in [6, 6.07) is 8.02. The smallest absolute Gasteiger partial charge is 0.326 e. The molecule has 25 heavy (non-hydrogen) atoms. The van der Waals surface area contributed by atoms with E-state index in [1.54, 1.807) is 12.3 Å². The fourth-order valence-electron chi connectivity index (χ4n) is 3.06. The number of amides is 1. The lowest BCUT2D eigenvalue weighted by Crippen LogP contribution is -2.34. The molecule has 1 N–H and O–H groups in total. The van der Waals surface area contributed by atoms with Crippen LogP contribution in [0.2, 0.25) is 0 Å². The summed E-state index contributed by atoms with van der Waals surface area (Å²) in [4.78, 5) is 35.3. The molecule has 6 nitrogen and oxygen atoms in total. The van der Waals surface area contributed by atoms with Crippen molar-refractivity contribution in [1.82, 2.24) is 9.88 Å². The van der Waals surface area contributed by atoms with E-state index in [2.05, 4.69) is 11.4 Å². The molecule has 0 saturated carbocycles. The highest BCUT2D eigenvalue weighted by molar-refractivity contribution is 7.07. The van der Waals surface area contributed by atoms with Gasteiger partial charge in [0.25, 0.3) is 5.91 Å². The van der Waals surface area contributed by atoms with Gasteiger partial charge < -0.3 is 10.1 Å². The lowest BCUT2D eigenvalue weighted by atomic mass is 9.88. The van der Waals surface area contributed by atoms with Gasteiger partial charge in [0.15, 0.2) is 6.61 Å². The van der Waals surface area contributed by atoms with E-state index in [1.807, 2.05) is 18.2 Å². The van der Waals surface area contributed by atoms with E-state index in [0.29, 0.717) is 5.69 Å². The molecule has 1 aromatic heterocycles. The normalized spacial score (nSPS) is 16.1. The minimum atomic E-state index is -0.595. The average molecular weight is 360 g/mol. The SMILES string of the molecule is Cc1csc(=O)n1CC(=O)OCC(=O)N[C@H]1CCCc2ccccc21. The summed E-state index contributed by atoms with van der Waals surface area (Å²) < 4.78 is 6.35. The lowest BCUT2D eigenvalue weighted by Gasteiger charge is -2.26. The Bertz CT molecular complexity index is 840. The number of hydrogen-bond donors (Lipinski definition) is 1. The zero-order chi connectivity index (χ0) is 17.8. The molecule has 0 bridgehead atoms. The summed E-state index contributed by atoms with van der Waals surface area (Å²) in [7, 11) is 0. The molecular formula is C18H20N2O4S. The average Bonchev–Trinajstić information content (AvgIpc) is 2.92. The highest BCUT2D eigenvalue weighted by Gasteiger charge is 2.21. The highest BCUT2D eigenvalue weighted by Crippen LogP contribution is 2.29. The van der Waals surface area contributed by atoms with Crippen LogP contribution in [-0.4, -0.2) is 23.1 Å². The third-order valence-corrected chi connectivity index (χ3v) is 5.21. The van der Waals surface area contributed by atoms with E-state index in [4.69, 9.17) is 4.74 Å². The predicted octanol–water partition coefficient (Wildman–Crippen LogP) is 1.96. The summed E-state index contributed by atoms with van der Waals surface area (Å²) in [6.45, 7) is 1.24. The molecule has 1 atom stereocenters. The molecule has 0 radical (unpaired) electrons. The van der Waals surface area contributed by atoms with E-state index >= 15 is 0 Å². The number of nitrogens with one attached hydrogen (secondary N) is 1. The van der Waals surface area contributed by atoms with Gasteiger partial charge in [-0.2, -0.15) is 0 Å². The molecule has 0 spiro atoms. The molecule has 1 heterocycles. The summed E-state index contributed by atoms with van der Waals surface area (Å²) in [5.74, 6) is -0.924. The first-order valence-corrected chi connectivity index (χ1v) is 9.10. The number of ether oxygens (including phenoxy) is 1. The number of esters is 1. The number of nitrogens with zero attached hydrogens (tertiary/aromatic N) is 1. The predicted molar refractivity (Wildman–Crippen MR) is 94.5 cm³/mol. The summed E-state index contributed by atoms with van der Waals surface area (Å²) in [5.41, 5.74) is 3.09. The molecule has 1 aliphatic rings. The molecular weight excluding hydrogens is 340 g/mol. The van der Waals surface area contributed by atoms with Crippen molar-refractivity contribution >= 4 is 23.2 Å². The number of thiazole rings is 1. The summed E-state index contributed by atoms with van der Waals surface area (Å²) >= 11 is 1.03. The molecule has 0 fully saturated rings. The number of carbonyl (C=O) groups is 2. The van der Waals surface area contributed by atoms with Gasteiger partial charge in [0, 0.05) is 11.1 Å². The molecule has 3 rings (SSSR count). The fourth-order valence-corrected chi connectivity index (χ4v) is 3.79. The Balaban J connectivity index is 1.52. The van der Waals surface area contributed by atoms with Crippen molar-refractivity contribution in [2.75, 3.05) is 6.61 Å². The van der Waals surface area contributed by atoms with Crippen molar-refractivity contribution in [2.45, 2.75) is 38.8 Å². The highest BCUT2D eigenvalue weighted by atomic mass is 32.1. The number of aryl methyl sites for hydroxylation is 2. The van der Waals surface area contributed by atoms with E-state index in [1.165, 1.54) is 10.1 Å². The van der Waals surface area contributed by atoms with Crippen LogP contribution in [0.1, 0.15) is 35.7 Å². The van der Waals surface area contributed by atoms with Crippen molar-refractivity contribution in [3.8, 4) is 0 Å². The Kier molecular flexibility index (Phi) is 5.33. The maximum absolute atomic E-state index is 12.1. The van der Waals surface area contributed by atoms with Gasteiger partial charge in [-0.15, -0.1) is 0 Å². The van der Waals surface area contributed by atoms with E-state index in [0.717, 1.165) is 36.2 Å². The Morgan fingerprint density at radius 2 is 2.16 bits per heavy atom. The van der Waals surface area contributed by atoms with Crippen LogP contribution in [0.5, 0.6) is 0 Å². The standard InChI is InChI=1S/C18H20N2O4S/c1-12-11-25-18(23)20(12)9-17(22)24-10-16(21)19-15-8-4-6-13-5-2-3-7-14(13)15/h2-3,5,7,11,15H,4,6,8-10H2,1H3,(H,19,21)/t15-/m0/s1. The minimum Gasteiger partial charge on any atom is -0.454 e. The topological polar surface area (TPSA) is 77.4 Å². The second-order valence-corrected chi connectivity index (χ2v) is 6.92. The van der Waals surface area contributed by atoms with Crippen LogP contribution in [-0.2, 0) is 27.3 Å². The van der Waals surface area contributed by atoms with E-state index in [9.17, 15) is 14.4 Å². The van der Waals surface area contributed by atoms with Gasteiger partial charge in [0.2, 0.25) is 0 Å². The van der Waals surface area contributed by atoms with Crippen molar-refractivity contribution in [3.05, 3.63) is 56.1 Å². The molecule has 2 aromatic rings. The molecule has 1 aromatic carbocycles. The number of carbonyl (C=O) groups excluding carboxylic acids is 2. The number of fused-ring (bicyclic) bond motifs is 1. The largest absolute Gasteiger partial charge is 0.454 e. The molecule has 7 heteroatoms. The second-order valence-electron chi connectivity index (χ2n) is 6.10. The number of rotatable bonds is 5. The molecule has 1 amide bonds. The number of aromatic nitrogens is 1. The van der Waals surface area contributed by atoms with Crippen LogP contribution in [0.3, 0.4) is 0 Å². The zero-order valence-electron chi connectivity index (χ0n) is 14.0. The van der Waals surface area contributed by atoms with Crippen LogP contribution in [0.4, 0.5) is 0 Å². The molecule has 0 aliphatic heterocycles. The van der Waals surface area contributed by atoms with Crippen LogP contribution in [0, 0.1) is 6.92 Å². The van der Waals surface area contributed by atoms with Crippen molar-refractivity contribution in [2.24, 2.45) is 0 Å². The van der Waals surface area contributed by atoms with Crippen LogP contribution in [0.25, 0.3) is 0 Å². The van der Waals surface area contributed by atoms with Gasteiger partial charge in [-0.3, -0.25) is 19.0 Å². The molecule has 1 aliphatic carbocycles. The van der Waals surface area contributed by atoms with E-state index in [-0.39, 0.29) is 30.0 Å². The number of hydrogen-bond acceptors (Lipinski definition) is 5.